The highest BCUT2D eigenvalue weighted by Crippen LogP contribution is 2.27. The molecule has 2 aromatic heterocycles. The Bertz CT molecular complexity index is 728. The first-order valence-corrected chi connectivity index (χ1v) is 9.40. The van der Waals surface area contributed by atoms with Crippen molar-refractivity contribution < 1.29 is 14.3 Å². The van der Waals surface area contributed by atoms with Gasteiger partial charge in [-0.2, -0.15) is 0 Å². The Morgan fingerprint density at radius 1 is 1.17 bits per heavy atom. The Kier molecular flexibility index (Phi) is 5.26. The lowest BCUT2D eigenvalue weighted by molar-refractivity contribution is -0.149. The van der Waals surface area contributed by atoms with Crippen LogP contribution in [0.25, 0.3) is 0 Å². The molecule has 0 aromatic carbocycles. The van der Waals surface area contributed by atoms with Crippen LogP contribution < -0.4 is 0 Å². The predicted molar refractivity (Wildman–Crippen MR) is 92.5 cm³/mol. The summed E-state index contributed by atoms with van der Waals surface area (Å²) < 4.78 is 6.56. The molecule has 1 saturated heterocycles. The summed E-state index contributed by atoms with van der Waals surface area (Å²) in [6, 6.07) is 6.43. The van der Waals surface area contributed by atoms with Crippen LogP contribution in [-0.4, -0.2) is 29.4 Å². The molecule has 0 bridgehead atoms. The Labute approximate surface area is 151 Å². The summed E-state index contributed by atoms with van der Waals surface area (Å²) in [5.41, 5.74) is 0. The molecule has 3 rings (SSSR count). The fourth-order valence-corrected chi connectivity index (χ4v) is 4.49. The van der Waals surface area contributed by atoms with Crippen molar-refractivity contribution in [3.63, 3.8) is 0 Å². The van der Waals surface area contributed by atoms with Gasteiger partial charge in [-0.25, -0.2) is 4.79 Å². The van der Waals surface area contributed by atoms with E-state index in [1.807, 2.05) is 6.07 Å². The number of amides is 1. The fourth-order valence-electron chi connectivity index (χ4n) is 2.49. The van der Waals surface area contributed by atoms with E-state index in [1.54, 1.807) is 23.1 Å². The van der Waals surface area contributed by atoms with E-state index < -0.39 is 6.04 Å². The number of rotatable bonds is 4. The number of esters is 1. The number of hydrogen-bond acceptors (Lipinski definition) is 5. The number of halogens is 2. The van der Waals surface area contributed by atoms with Crippen molar-refractivity contribution in [1.29, 1.82) is 0 Å². The van der Waals surface area contributed by atoms with E-state index in [4.69, 9.17) is 27.9 Å². The first kappa shape index (κ1) is 16.8. The van der Waals surface area contributed by atoms with Crippen LogP contribution in [0.15, 0.2) is 24.3 Å². The highest BCUT2D eigenvalue weighted by atomic mass is 35.5. The van der Waals surface area contributed by atoms with Crippen molar-refractivity contribution in [2.75, 3.05) is 6.54 Å². The molecule has 0 unspecified atom stereocenters. The number of hydrogen-bond donors (Lipinski definition) is 0. The zero-order valence-corrected chi connectivity index (χ0v) is 15.1. The largest absolute Gasteiger partial charge is 0.458 e. The maximum atomic E-state index is 12.5. The summed E-state index contributed by atoms with van der Waals surface area (Å²) in [7, 11) is 0. The van der Waals surface area contributed by atoms with Gasteiger partial charge in [0, 0.05) is 11.4 Å². The zero-order valence-electron chi connectivity index (χ0n) is 12.0. The van der Waals surface area contributed by atoms with Gasteiger partial charge < -0.3 is 9.64 Å². The lowest BCUT2D eigenvalue weighted by Gasteiger charge is -2.22. The van der Waals surface area contributed by atoms with Crippen LogP contribution in [0.2, 0.25) is 8.67 Å². The number of carbonyl (C=O) groups is 2. The first-order chi connectivity index (χ1) is 11.0. The van der Waals surface area contributed by atoms with Gasteiger partial charge in [0.2, 0.25) is 0 Å². The number of thiophene rings is 2. The van der Waals surface area contributed by atoms with E-state index >= 15 is 0 Å². The normalized spacial score (nSPS) is 17.5. The SMILES string of the molecule is O=C(OCc1ccc(Cl)s1)[C@H]1CCCN1C(=O)c1ccc(Cl)s1. The molecule has 1 atom stereocenters. The monoisotopic (exact) mass is 389 g/mol. The van der Waals surface area contributed by atoms with Crippen LogP contribution in [0.3, 0.4) is 0 Å². The van der Waals surface area contributed by atoms with Crippen molar-refractivity contribution in [3.05, 3.63) is 42.7 Å². The third kappa shape index (κ3) is 3.88. The predicted octanol–water partition coefficient (Wildman–Crippen LogP) is 4.46. The molecule has 1 amide bonds. The van der Waals surface area contributed by atoms with Gasteiger partial charge in [-0.15, -0.1) is 22.7 Å². The Morgan fingerprint density at radius 3 is 2.57 bits per heavy atom. The Balaban J connectivity index is 1.63. The highest BCUT2D eigenvalue weighted by molar-refractivity contribution is 7.18. The smallest absolute Gasteiger partial charge is 0.329 e. The molecule has 2 aromatic rings. The summed E-state index contributed by atoms with van der Waals surface area (Å²) >= 11 is 14.3. The number of nitrogens with zero attached hydrogens (tertiary/aromatic N) is 1. The molecule has 0 N–H and O–H groups in total. The molecule has 23 heavy (non-hydrogen) atoms. The van der Waals surface area contributed by atoms with Gasteiger partial charge in [0.25, 0.3) is 5.91 Å². The van der Waals surface area contributed by atoms with Crippen molar-refractivity contribution in [2.24, 2.45) is 0 Å². The van der Waals surface area contributed by atoms with Gasteiger partial charge in [-0.05, 0) is 37.1 Å². The topological polar surface area (TPSA) is 46.6 Å². The van der Waals surface area contributed by atoms with E-state index in [0.717, 1.165) is 11.3 Å². The second-order valence-corrected chi connectivity index (χ2v) is 8.59. The third-order valence-corrected chi connectivity index (χ3v) is 5.98. The van der Waals surface area contributed by atoms with Gasteiger partial charge >= 0.3 is 5.97 Å². The van der Waals surface area contributed by atoms with Gasteiger partial charge in [-0.1, -0.05) is 23.2 Å². The standard InChI is InChI=1S/C15H13Cl2NO3S2/c16-12-5-3-9(22-12)8-21-15(20)10-2-1-7-18(10)14(19)11-4-6-13(17)23-11/h3-6,10H,1-2,7-8H2/t10-/m1/s1. The van der Waals surface area contributed by atoms with E-state index in [1.165, 1.54) is 22.7 Å². The minimum absolute atomic E-state index is 0.166. The first-order valence-electron chi connectivity index (χ1n) is 7.02. The van der Waals surface area contributed by atoms with Crippen LogP contribution in [0, 0.1) is 0 Å². The molecular weight excluding hydrogens is 377 g/mol. The fraction of sp³-hybridized carbons (Fsp3) is 0.333. The number of carbonyl (C=O) groups excluding carboxylic acids is 2. The summed E-state index contributed by atoms with van der Waals surface area (Å²) in [6.07, 6.45) is 1.41. The average molecular weight is 390 g/mol. The molecule has 1 aliphatic heterocycles. The molecule has 0 spiro atoms. The van der Waals surface area contributed by atoms with Crippen molar-refractivity contribution in [3.8, 4) is 0 Å². The summed E-state index contributed by atoms with van der Waals surface area (Å²) in [5, 5.41) is 0. The summed E-state index contributed by atoms with van der Waals surface area (Å²) in [4.78, 5) is 27.8. The van der Waals surface area contributed by atoms with Crippen LogP contribution in [0.1, 0.15) is 27.4 Å². The minimum Gasteiger partial charge on any atom is -0.458 e. The molecular formula is C15H13Cl2NO3S2. The van der Waals surface area contributed by atoms with Gasteiger partial charge in [0.15, 0.2) is 0 Å². The number of likely N-dealkylation sites (tertiary alicyclic amines) is 1. The summed E-state index contributed by atoms with van der Waals surface area (Å²) in [5.74, 6) is -0.538. The Morgan fingerprint density at radius 2 is 1.91 bits per heavy atom. The molecule has 4 nitrogen and oxygen atoms in total. The maximum Gasteiger partial charge on any atom is 0.329 e. The Hall–Kier alpha value is -1.08. The molecule has 122 valence electrons. The van der Waals surface area contributed by atoms with E-state index in [9.17, 15) is 9.59 Å². The van der Waals surface area contributed by atoms with E-state index in [0.29, 0.717) is 26.5 Å². The van der Waals surface area contributed by atoms with Crippen LogP contribution in [0.5, 0.6) is 0 Å². The second kappa shape index (κ2) is 7.21. The van der Waals surface area contributed by atoms with Crippen LogP contribution in [-0.2, 0) is 16.1 Å². The van der Waals surface area contributed by atoms with Crippen molar-refractivity contribution in [2.45, 2.75) is 25.5 Å². The van der Waals surface area contributed by atoms with Gasteiger partial charge in [-0.3, -0.25) is 4.79 Å². The molecule has 0 saturated carbocycles. The average Bonchev–Trinajstić information content (AvgIpc) is 3.24. The van der Waals surface area contributed by atoms with E-state index in [-0.39, 0.29) is 18.5 Å². The quantitative estimate of drug-likeness (QED) is 0.724. The molecule has 3 heterocycles. The van der Waals surface area contributed by atoms with Crippen molar-refractivity contribution >= 4 is 57.8 Å². The van der Waals surface area contributed by atoms with Gasteiger partial charge in [0.05, 0.1) is 13.5 Å². The van der Waals surface area contributed by atoms with Gasteiger partial charge in [0.1, 0.15) is 12.6 Å². The lowest BCUT2D eigenvalue weighted by atomic mass is 10.2. The molecule has 0 aliphatic carbocycles. The van der Waals surface area contributed by atoms with Crippen LogP contribution >= 0.6 is 45.9 Å². The molecule has 0 radical (unpaired) electrons. The molecule has 1 aliphatic rings. The maximum absolute atomic E-state index is 12.5. The third-order valence-electron chi connectivity index (χ3n) is 3.56. The summed E-state index contributed by atoms with van der Waals surface area (Å²) in [6.45, 7) is 0.735. The van der Waals surface area contributed by atoms with Crippen LogP contribution in [0.4, 0.5) is 0 Å². The zero-order chi connectivity index (χ0) is 16.4. The lowest BCUT2D eigenvalue weighted by Crippen LogP contribution is -2.41. The number of ether oxygens (including phenoxy) is 1. The second-order valence-electron chi connectivity index (χ2n) is 5.07. The molecule has 1 fully saturated rings. The minimum atomic E-state index is -0.529. The van der Waals surface area contributed by atoms with E-state index in [2.05, 4.69) is 0 Å². The highest BCUT2D eigenvalue weighted by Gasteiger charge is 2.36. The molecule has 8 heteroatoms. The van der Waals surface area contributed by atoms with Crippen molar-refractivity contribution in [1.82, 2.24) is 4.90 Å².